The van der Waals surface area contributed by atoms with Gasteiger partial charge in [0.2, 0.25) is 5.91 Å². The lowest BCUT2D eigenvalue weighted by atomic mass is 9.49. The molecule has 0 aromatic heterocycles. The Hall–Kier alpha value is -2.24. The first-order chi connectivity index (χ1) is 15.9. The fourth-order valence-corrected chi connectivity index (χ4v) is 7.37. The van der Waals surface area contributed by atoms with Gasteiger partial charge < -0.3 is 19.9 Å². The van der Waals surface area contributed by atoms with E-state index in [0.29, 0.717) is 32.1 Å². The van der Waals surface area contributed by atoms with Gasteiger partial charge in [-0.3, -0.25) is 4.79 Å². The molecule has 1 atom stereocenters. The zero-order valence-electron chi connectivity index (χ0n) is 20.2. The second-order valence-corrected chi connectivity index (χ2v) is 11.2. The normalized spacial score (nSPS) is 31.4. The van der Waals surface area contributed by atoms with E-state index in [1.54, 1.807) is 7.11 Å². The first kappa shape index (κ1) is 22.5. The smallest absolute Gasteiger partial charge is 0.317 e. The number of carbonyl (C=O) groups excluding carboxylic acids is 2. The second-order valence-electron chi connectivity index (χ2n) is 11.2. The summed E-state index contributed by atoms with van der Waals surface area (Å²) in [7, 11) is 1.67. The van der Waals surface area contributed by atoms with Gasteiger partial charge in [0.25, 0.3) is 0 Å². The molecule has 0 radical (unpaired) electrons. The number of methoxy groups -OCH3 is 1. The Morgan fingerprint density at radius 1 is 0.970 bits per heavy atom. The van der Waals surface area contributed by atoms with Crippen LogP contribution in [0.25, 0.3) is 0 Å². The highest BCUT2D eigenvalue weighted by atomic mass is 16.5. The maximum absolute atomic E-state index is 13.6. The SMILES string of the molecule is COc1ccc(CCC(C)NC(=O)N2CCN(C(=O)C34CC5CC(CC(C5)C3)C4)CC2)cc1. The van der Waals surface area contributed by atoms with Crippen molar-refractivity contribution < 1.29 is 14.3 Å². The molecule has 33 heavy (non-hydrogen) atoms. The number of benzene rings is 1. The zero-order chi connectivity index (χ0) is 23.0. The Bertz CT molecular complexity index is 825. The van der Waals surface area contributed by atoms with E-state index in [1.165, 1.54) is 24.8 Å². The minimum atomic E-state index is -0.0743. The highest BCUT2D eigenvalue weighted by Crippen LogP contribution is 2.60. The van der Waals surface area contributed by atoms with Crippen molar-refractivity contribution in [3.05, 3.63) is 29.8 Å². The Balaban J connectivity index is 1.07. The molecule has 4 saturated carbocycles. The van der Waals surface area contributed by atoms with Gasteiger partial charge in [0.15, 0.2) is 0 Å². The molecule has 1 unspecified atom stereocenters. The molecule has 1 aliphatic heterocycles. The minimum Gasteiger partial charge on any atom is -0.497 e. The summed E-state index contributed by atoms with van der Waals surface area (Å²) < 4.78 is 5.21. The first-order valence-corrected chi connectivity index (χ1v) is 12.9. The Kier molecular flexibility index (Phi) is 6.28. The Morgan fingerprint density at radius 2 is 1.52 bits per heavy atom. The fourth-order valence-electron chi connectivity index (χ4n) is 7.37. The number of nitrogens with one attached hydrogen (secondary N) is 1. The van der Waals surface area contributed by atoms with Crippen LogP contribution in [0.15, 0.2) is 24.3 Å². The van der Waals surface area contributed by atoms with Crippen LogP contribution in [-0.4, -0.2) is 61.1 Å². The Labute approximate surface area is 198 Å². The van der Waals surface area contributed by atoms with E-state index >= 15 is 0 Å². The summed E-state index contributed by atoms with van der Waals surface area (Å²) in [5.41, 5.74) is 1.17. The van der Waals surface area contributed by atoms with Crippen LogP contribution < -0.4 is 10.1 Å². The molecule has 6 rings (SSSR count). The van der Waals surface area contributed by atoms with E-state index in [-0.39, 0.29) is 17.5 Å². The van der Waals surface area contributed by atoms with Gasteiger partial charge in [-0.15, -0.1) is 0 Å². The molecule has 1 N–H and O–H groups in total. The summed E-state index contributed by atoms with van der Waals surface area (Å²) in [6, 6.07) is 8.21. The van der Waals surface area contributed by atoms with Crippen LogP contribution in [0.5, 0.6) is 5.75 Å². The van der Waals surface area contributed by atoms with Gasteiger partial charge in [-0.1, -0.05) is 12.1 Å². The molecule has 1 saturated heterocycles. The largest absolute Gasteiger partial charge is 0.497 e. The van der Waals surface area contributed by atoms with Crippen molar-refractivity contribution in [1.82, 2.24) is 15.1 Å². The van der Waals surface area contributed by atoms with Crippen LogP contribution in [-0.2, 0) is 11.2 Å². The van der Waals surface area contributed by atoms with Crippen molar-refractivity contribution in [2.75, 3.05) is 33.3 Å². The van der Waals surface area contributed by atoms with Crippen LogP contribution in [0.4, 0.5) is 4.79 Å². The summed E-state index contributed by atoms with van der Waals surface area (Å²) in [4.78, 5) is 30.3. The number of ether oxygens (including phenoxy) is 1. The molecule has 1 aromatic carbocycles. The lowest BCUT2D eigenvalue weighted by Gasteiger charge is -2.57. The van der Waals surface area contributed by atoms with Crippen molar-refractivity contribution in [2.24, 2.45) is 23.2 Å². The van der Waals surface area contributed by atoms with Gasteiger partial charge in [-0.05, 0) is 93.7 Å². The number of nitrogens with zero attached hydrogens (tertiary/aromatic N) is 2. The standard InChI is InChI=1S/C27H39N3O3/c1-19(3-4-20-5-7-24(33-2)8-6-20)28-26(32)30-11-9-29(10-12-30)25(31)27-16-21-13-22(17-27)15-23(14-21)18-27/h5-8,19,21-23H,3-4,9-18H2,1-2H3,(H,28,32). The van der Waals surface area contributed by atoms with Gasteiger partial charge >= 0.3 is 6.03 Å². The quantitative estimate of drug-likeness (QED) is 0.706. The van der Waals surface area contributed by atoms with Crippen molar-refractivity contribution in [3.8, 4) is 5.75 Å². The van der Waals surface area contributed by atoms with Gasteiger partial charge in [-0.2, -0.15) is 0 Å². The average Bonchev–Trinajstić information content (AvgIpc) is 2.82. The highest BCUT2D eigenvalue weighted by molar-refractivity contribution is 5.84. The molecule has 5 aliphatic rings. The molecule has 5 fully saturated rings. The molecule has 4 aliphatic carbocycles. The number of hydrogen-bond donors (Lipinski definition) is 1. The second kappa shape index (κ2) is 9.19. The molecule has 3 amide bonds. The molecular weight excluding hydrogens is 414 g/mol. The van der Waals surface area contributed by atoms with Crippen molar-refractivity contribution in [1.29, 1.82) is 0 Å². The molecular formula is C27H39N3O3. The number of piperazine rings is 1. The van der Waals surface area contributed by atoms with Crippen molar-refractivity contribution in [3.63, 3.8) is 0 Å². The molecule has 6 nitrogen and oxygen atoms in total. The van der Waals surface area contributed by atoms with E-state index < -0.39 is 0 Å². The minimum absolute atomic E-state index is 0.000801. The van der Waals surface area contributed by atoms with Crippen molar-refractivity contribution >= 4 is 11.9 Å². The van der Waals surface area contributed by atoms with Crippen LogP contribution in [0.2, 0.25) is 0 Å². The van der Waals surface area contributed by atoms with Crippen LogP contribution in [0.1, 0.15) is 57.4 Å². The summed E-state index contributed by atoms with van der Waals surface area (Å²) in [5, 5.41) is 3.15. The summed E-state index contributed by atoms with van der Waals surface area (Å²) in [5.74, 6) is 3.61. The number of amides is 3. The van der Waals surface area contributed by atoms with E-state index in [2.05, 4.69) is 29.3 Å². The number of rotatable bonds is 6. The average molecular weight is 454 g/mol. The summed E-state index contributed by atoms with van der Waals surface area (Å²) >= 11 is 0. The van der Waals surface area contributed by atoms with Crippen LogP contribution in [0, 0.1) is 23.2 Å². The van der Waals surface area contributed by atoms with E-state index in [4.69, 9.17) is 4.74 Å². The maximum atomic E-state index is 13.6. The molecule has 6 heteroatoms. The van der Waals surface area contributed by atoms with Gasteiger partial charge in [-0.25, -0.2) is 4.79 Å². The van der Waals surface area contributed by atoms with Crippen molar-refractivity contribution in [2.45, 2.75) is 64.3 Å². The Morgan fingerprint density at radius 3 is 2.06 bits per heavy atom. The molecule has 180 valence electrons. The molecule has 4 bridgehead atoms. The number of urea groups is 1. The van der Waals surface area contributed by atoms with E-state index in [1.807, 2.05) is 17.0 Å². The maximum Gasteiger partial charge on any atom is 0.317 e. The predicted molar refractivity (Wildman–Crippen MR) is 128 cm³/mol. The highest BCUT2D eigenvalue weighted by Gasteiger charge is 2.55. The molecule has 1 heterocycles. The first-order valence-electron chi connectivity index (χ1n) is 12.9. The van der Waals surface area contributed by atoms with Gasteiger partial charge in [0, 0.05) is 32.2 Å². The predicted octanol–water partition coefficient (Wildman–Crippen LogP) is 4.09. The van der Waals surface area contributed by atoms with E-state index in [9.17, 15) is 9.59 Å². The number of carbonyl (C=O) groups is 2. The third kappa shape index (κ3) is 4.71. The molecule has 0 spiro atoms. The number of hydrogen-bond acceptors (Lipinski definition) is 3. The lowest BCUT2D eigenvalue weighted by molar-refractivity contribution is -0.159. The fraction of sp³-hybridized carbons (Fsp3) is 0.704. The van der Waals surface area contributed by atoms with Gasteiger partial charge in [0.05, 0.1) is 12.5 Å². The monoisotopic (exact) mass is 453 g/mol. The van der Waals surface area contributed by atoms with Gasteiger partial charge in [0.1, 0.15) is 5.75 Å². The lowest BCUT2D eigenvalue weighted by Crippen LogP contribution is -2.59. The summed E-state index contributed by atoms with van der Waals surface area (Å²) in [6.45, 7) is 4.68. The van der Waals surface area contributed by atoms with Crippen LogP contribution >= 0.6 is 0 Å². The zero-order valence-corrected chi connectivity index (χ0v) is 20.2. The summed E-state index contributed by atoms with van der Waals surface area (Å²) in [6.07, 6.45) is 9.23. The third-order valence-electron chi connectivity index (χ3n) is 8.74. The topological polar surface area (TPSA) is 61.9 Å². The number of aryl methyl sites for hydroxylation is 1. The van der Waals surface area contributed by atoms with Crippen LogP contribution in [0.3, 0.4) is 0 Å². The third-order valence-corrected chi connectivity index (χ3v) is 8.74. The van der Waals surface area contributed by atoms with E-state index in [0.717, 1.165) is 55.6 Å². The molecule has 1 aromatic rings.